The molecule has 2 amide bonds. The van der Waals surface area contributed by atoms with E-state index in [1.54, 1.807) is 37.8 Å². The van der Waals surface area contributed by atoms with Gasteiger partial charge in [0.2, 0.25) is 0 Å². The maximum atomic E-state index is 13.7. The molecule has 4 aromatic heterocycles. The van der Waals surface area contributed by atoms with E-state index in [0.29, 0.717) is 34.4 Å². The second kappa shape index (κ2) is 8.35. The van der Waals surface area contributed by atoms with Gasteiger partial charge in [-0.1, -0.05) is 0 Å². The summed E-state index contributed by atoms with van der Waals surface area (Å²) in [4.78, 5) is 29.5. The van der Waals surface area contributed by atoms with Crippen molar-refractivity contribution in [3.8, 4) is 11.1 Å². The SMILES string of the molecule is CCn1cc(-c2cc(C(F)F)nc3sc(C(N)=O)c(NC(=O)c4cc(C)nn4C)c23)c(C)n1. The van der Waals surface area contributed by atoms with Crippen LogP contribution in [0.3, 0.4) is 0 Å². The monoisotopic (exact) mass is 473 g/mol. The molecule has 0 radical (unpaired) electrons. The van der Waals surface area contributed by atoms with Gasteiger partial charge in [-0.15, -0.1) is 11.3 Å². The van der Waals surface area contributed by atoms with E-state index in [1.165, 1.54) is 10.7 Å². The molecule has 172 valence electrons. The Hall–Kier alpha value is -3.67. The van der Waals surface area contributed by atoms with E-state index in [0.717, 1.165) is 11.3 Å². The van der Waals surface area contributed by atoms with Gasteiger partial charge in [-0.2, -0.15) is 10.2 Å². The van der Waals surface area contributed by atoms with Crippen molar-refractivity contribution in [1.82, 2.24) is 24.5 Å². The largest absolute Gasteiger partial charge is 0.365 e. The molecule has 0 aliphatic rings. The van der Waals surface area contributed by atoms with Crippen molar-refractivity contribution in [3.63, 3.8) is 0 Å². The number of halogens is 2. The number of aryl methyl sites for hydroxylation is 4. The van der Waals surface area contributed by atoms with Crippen LogP contribution in [0.5, 0.6) is 0 Å². The van der Waals surface area contributed by atoms with Crippen LogP contribution >= 0.6 is 11.3 Å². The Kier molecular flexibility index (Phi) is 5.70. The fraction of sp³-hybridized carbons (Fsp3) is 0.286. The Labute approximate surface area is 191 Å². The minimum absolute atomic E-state index is 0.0120. The number of nitrogens with zero attached hydrogens (tertiary/aromatic N) is 5. The van der Waals surface area contributed by atoms with Gasteiger partial charge in [0.25, 0.3) is 18.2 Å². The van der Waals surface area contributed by atoms with Crippen molar-refractivity contribution >= 4 is 39.1 Å². The van der Waals surface area contributed by atoms with Gasteiger partial charge in [-0.05, 0) is 38.5 Å². The highest BCUT2D eigenvalue weighted by atomic mass is 32.1. The molecule has 0 spiro atoms. The molecule has 0 saturated heterocycles. The number of hydrogen-bond acceptors (Lipinski definition) is 6. The minimum atomic E-state index is -2.83. The first-order valence-electron chi connectivity index (χ1n) is 10.0. The lowest BCUT2D eigenvalue weighted by Gasteiger charge is -2.10. The number of rotatable bonds is 6. The summed E-state index contributed by atoms with van der Waals surface area (Å²) in [5, 5.41) is 11.7. The summed E-state index contributed by atoms with van der Waals surface area (Å²) >= 11 is 0.854. The topological polar surface area (TPSA) is 121 Å². The van der Waals surface area contributed by atoms with Crippen LogP contribution in [0.1, 0.15) is 50.6 Å². The zero-order valence-electron chi connectivity index (χ0n) is 18.3. The van der Waals surface area contributed by atoms with Crippen molar-refractivity contribution in [3.05, 3.63) is 46.0 Å². The molecular formula is C21H21F2N7O2S. The van der Waals surface area contributed by atoms with Gasteiger partial charge in [-0.3, -0.25) is 19.0 Å². The molecule has 9 nitrogen and oxygen atoms in total. The van der Waals surface area contributed by atoms with E-state index in [-0.39, 0.29) is 21.1 Å². The molecule has 0 bridgehead atoms. The number of carbonyl (C=O) groups is 2. The molecule has 0 atom stereocenters. The fourth-order valence-electron chi connectivity index (χ4n) is 3.68. The predicted molar refractivity (Wildman–Crippen MR) is 121 cm³/mol. The van der Waals surface area contributed by atoms with Gasteiger partial charge in [0.1, 0.15) is 21.1 Å². The number of nitrogens with one attached hydrogen (secondary N) is 1. The van der Waals surface area contributed by atoms with Crippen LogP contribution in [-0.4, -0.2) is 36.4 Å². The Bertz CT molecular complexity index is 1400. The van der Waals surface area contributed by atoms with Gasteiger partial charge in [-0.25, -0.2) is 13.8 Å². The standard InChI is InChI=1S/C21H21F2N7O2S/c1-5-30-8-12(10(3)28-30)11-7-13(18(22)23)25-21-15(11)16(17(33-21)19(24)31)26-20(32)14-6-9(2)27-29(14)4/h6-8,18H,5H2,1-4H3,(H2,24,31)(H,26,32). The maximum absolute atomic E-state index is 13.7. The molecule has 4 heterocycles. The van der Waals surface area contributed by atoms with Crippen molar-refractivity contribution in [2.45, 2.75) is 33.7 Å². The van der Waals surface area contributed by atoms with E-state index in [9.17, 15) is 18.4 Å². The molecule has 33 heavy (non-hydrogen) atoms. The first kappa shape index (κ1) is 22.5. The number of anilines is 1. The predicted octanol–water partition coefficient (Wildman–Crippen LogP) is 3.82. The number of primary amides is 1. The number of carbonyl (C=O) groups excluding carboxylic acids is 2. The fourth-order valence-corrected chi connectivity index (χ4v) is 4.69. The molecule has 3 N–H and O–H groups in total. The molecule has 12 heteroatoms. The highest BCUT2D eigenvalue weighted by Gasteiger charge is 2.27. The van der Waals surface area contributed by atoms with E-state index >= 15 is 0 Å². The smallest absolute Gasteiger partial charge is 0.280 e. The van der Waals surface area contributed by atoms with E-state index in [4.69, 9.17) is 5.73 Å². The third kappa shape index (κ3) is 3.97. The number of aromatic nitrogens is 5. The second-order valence-electron chi connectivity index (χ2n) is 7.48. The van der Waals surface area contributed by atoms with Crippen LogP contribution in [0.4, 0.5) is 14.5 Å². The normalized spacial score (nSPS) is 11.5. The average Bonchev–Trinajstić information content (AvgIpc) is 3.41. The molecule has 4 aromatic rings. The lowest BCUT2D eigenvalue weighted by molar-refractivity contribution is 0.100. The van der Waals surface area contributed by atoms with Gasteiger partial charge in [0, 0.05) is 30.7 Å². The number of nitrogens with two attached hydrogens (primary N) is 1. The van der Waals surface area contributed by atoms with E-state index < -0.39 is 23.9 Å². The first-order chi connectivity index (χ1) is 15.6. The highest BCUT2D eigenvalue weighted by molar-refractivity contribution is 7.21. The Balaban J connectivity index is 1.99. The van der Waals surface area contributed by atoms with Crippen LogP contribution in [0, 0.1) is 13.8 Å². The number of alkyl halides is 2. The summed E-state index contributed by atoms with van der Waals surface area (Å²) in [6.07, 6.45) is -1.10. The van der Waals surface area contributed by atoms with E-state index in [2.05, 4.69) is 20.5 Å². The van der Waals surface area contributed by atoms with Gasteiger partial charge in [0.15, 0.2) is 0 Å². The lowest BCUT2D eigenvalue weighted by Crippen LogP contribution is -2.19. The molecule has 0 aromatic carbocycles. The number of hydrogen-bond donors (Lipinski definition) is 2. The third-order valence-electron chi connectivity index (χ3n) is 5.16. The minimum Gasteiger partial charge on any atom is -0.365 e. The number of fused-ring (bicyclic) bond motifs is 1. The molecule has 0 aliphatic carbocycles. The Morgan fingerprint density at radius 3 is 2.48 bits per heavy atom. The molecule has 0 fully saturated rings. The second-order valence-corrected chi connectivity index (χ2v) is 8.48. The highest BCUT2D eigenvalue weighted by Crippen LogP contribution is 2.43. The van der Waals surface area contributed by atoms with Crippen molar-refractivity contribution < 1.29 is 18.4 Å². The van der Waals surface area contributed by atoms with Gasteiger partial charge in [0.05, 0.1) is 17.1 Å². The average molecular weight is 474 g/mol. The van der Waals surface area contributed by atoms with Gasteiger partial charge < -0.3 is 11.1 Å². The molecule has 0 unspecified atom stereocenters. The van der Waals surface area contributed by atoms with E-state index in [1.807, 2.05) is 6.92 Å². The quantitative estimate of drug-likeness (QED) is 0.441. The summed E-state index contributed by atoms with van der Waals surface area (Å²) in [7, 11) is 1.62. The number of amides is 2. The number of thiophene rings is 1. The summed E-state index contributed by atoms with van der Waals surface area (Å²) in [5.41, 5.74) is 7.73. The lowest BCUT2D eigenvalue weighted by atomic mass is 10.0. The van der Waals surface area contributed by atoms with Crippen LogP contribution in [-0.2, 0) is 13.6 Å². The summed E-state index contributed by atoms with van der Waals surface area (Å²) < 4.78 is 30.4. The Morgan fingerprint density at radius 2 is 1.94 bits per heavy atom. The number of pyridine rings is 1. The van der Waals surface area contributed by atoms with Crippen LogP contribution in [0.15, 0.2) is 18.3 Å². The zero-order valence-corrected chi connectivity index (χ0v) is 19.1. The van der Waals surface area contributed by atoms with Crippen molar-refractivity contribution in [2.75, 3.05) is 5.32 Å². The van der Waals surface area contributed by atoms with Crippen molar-refractivity contribution in [1.29, 1.82) is 0 Å². The zero-order chi connectivity index (χ0) is 24.0. The van der Waals surface area contributed by atoms with Crippen LogP contribution in [0.25, 0.3) is 21.3 Å². The molecular weight excluding hydrogens is 452 g/mol. The van der Waals surface area contributed by atoms with Crippen LogP contribution in [0.2, 0.25) is 0 Å². The van der Waals surface area contributed by atoms with Gasteiger partial charge >= 0.3 is 0 Å². The molecule has 0 saturated carbocycles. The Morgan fingerprint density at radius 1 is 1.21 bits per heavy atom. The first-order valence-corrected chi connectivity index (χ1v) is 10.8. The maximum Gasteiger partial charge on any atom is 0.280 e. The summed E-state index contributed by atoms with van der Waals surface area (Å²) in [5.74, 6) is -1.33. The molecule has 0 aliphatic heterocycles. The van der Waals surface area contributed by atoms with Crippen molar-refractivity contribution in [2.24, 2.45) is 12.8 Å². The summed E-state index contributed by atoms with van der Waals surface area (Å²) in [6.45, 7) is 5.98. The summed E-state index contributed by atoms with van der Waals surface area (Å²) in [6, 6.07) is 2.86. The molecule has 4 rings (SSSR count). The van der Waals surface area contributed by atoms with Crippen LogP contribution < -0.4 is 11.1 Å². The third-order valence-corrected chi connectivity index (χ3v) is 6.26.